The molecule has 3 nitrogen and oxygen atoms in total. The van der Waals surface area contributed by atoms with E-state index in [1.807, 2.05) is 6.92 Å². The molecule has 2 fully saturated rings. The number of carbonyl (C=O) groups excluding carboxylic acids is 1. The van der Waals surface area contributed by atoms with Crippen molar-refractivity contribution in [1.82, 2.24) is 0 Å². The van der Waals surface area contributed by atoms with Crippen molar-refractivity contribution in [2.45, 2.75) is 37.1 Å². The molecule has 2 unspecified atom stereocenters. The number of epoxide rings is 1. The summed E-state index contributed by atoms with van der Waals surface area (Å²) in [5, 5.41) is 0. The minimum Gasteiger partial charge on any atom is -0.463 e. The molecule has 16 heavy (non-hydrogen) atoms. The zero-order chi connectivity index (χ0) is 11.8. The highest BCUT2D eigenvalue weighted by Gasteiger charge is 2.78. The molecule has 0 saturated carbocycles. The van der Waals surface area contributed by atoms with Gasteiger partial charge in [0.05, 0.1) is 6.61 Å². The molecule has 2 rings (SSSR count). The van der Waals surface area contributed by atoms with Gasteiger partial charge >= 0.3 is 5.97 Å². The van der Waals surface area contributed by atoms with Crippen LogP contribution >= 0.6 is 23.5 Å². The summed E-state index contributed by atoms with van der Waals surface area (Å²) in [6.07, 6.45) is 1.13. The first-order valence-electron chi connectivity index (χ1n) is 5.74. The highest BCUT2D eigenvalue weighted by Crippen LogP contribution is 2.67. The Morgan fingerprint density at radius 2 is 2.12 bits per heavy atom. The molecule has 5 heteroatoms. The fourth-order valence-corrected chi connectivity index (χ4v) is 5.43. The average Bonchev–Trinajstić information content (AvgIpc) is 2.88. The lowest BCUT2D eigenvalue weighted by molar-refractivity contribution is -0.145. The lowest BCUT2D eigenvalue weighted by Gasteiger charge is -2.18. The van der Waals surface area contributed by atoms with Crippen molar-refractivity contribution < 1.29 is 14.3 Å². The second-order valence-electron chi connectivity index (χ2n) is 4.31. The maximum Gasteiger partial charge on any atom is 0.353 e. The maximum atomic E-state index is 12.0. The van der Waals surface area contributed by atoms with Gasteiger partial charge in [0, 0.05) is 0 Å². The molecule has 2 aliphatic heterocycles. The summed E-state index contributed by atoms with van der Waals surface area (Å²) >= 11 is 3.40. The van der Waals surface area contributed by atoms with Gasteiger partial charge in [-0.3, -0.25) is 0 Å². The second kappa shape index (κ2) is 4.42. The number of hydrogen-bond acceptors (Lipinski definition) is 5. The van der Waals surface area contributed by atoms with Gasteiger partial charge in [-0.25, -0.2) is 4.79 Å². The number of hydrogen-bond donors (Lipinski definition) is 0. The summed E-state index contributed by atoms with van der Waals surface area (Å²) in [5.74, 6) is 2.17. The van der Waals surface area contributed by atoms with Crippen LogP contribution in [-0.2, 0) is 14.3 Å². The van der Waals surface area contributed by atoms with Crippen molar-refractivity contribution >= 4 is 29.5 Å². The Labute approximate surface area is 105 Å². The van der Waals surface area contributed by atoms with Crippen LogP contribution < -0.4 is 0 Å². The van der Waals surface area contributed by atoms with Crippen LogP contribution in [0.15, 0.2) is 0 Å². The predicted molar refractivity (Wildman–Crippen MR) is 67.6 cm³/mol. The molecule has 0 amide bonds. The van der Waals surface area contributed by atoms with Crippen molar-refractivity contribution in [3.8, 4) is 0 Å². The number of esters is 1. The summed E-state index contributed by atoms with van der Waals surface area (Å²) in [5.41, 5.74) is 0. The van der Waals surface area contributed by atoms with E-state index in [9.17, 15) is 4.79 Å². The normalized spacial score (nSPS) is 37.8. The van der Waals surface area contributed by atoms with Gasteiger partial charge in [0.15, 0.2) is 4.93 Å². The van der Waals surface area contributed by atoms with Crippen LogP contribution in [0.3, 0.4) is 0 Å². The summed E-state index contributed by atoms with van der Waals surface area (Å²) < 4.78 is 11.0. The summed E-state index contributed by atoms with van der Waals surface area (Å²) in [6.45, 7) is 6.48. The molecule has 0 aromatic rings. The van der Waals surface area contributed by atoms with Crippen molar-refractivity contribution in [2.24, 2.45) is 5.92 Å². The molecule has 0 aromatic carbocycles. The van der Waals surface area contributed by atoms with Crippen LogP contribution in [0, 0.1) is 5.92 Å². The van der Waals surface area contributed by atoms with E-state index in [0.717, 1.165) is 17.9 Å². The van der Waals surface area contributed by atoms with Gasteiger partial charge < -0.3 is 9.47 Å². The minimum absolute atomic E-state index is 0.192. The van der Waals surface area contributed by atoms with Crippen LogP contribution in [0.2, 0.25) is 0 Å². The smallest absolute Gasteiger partial charge is 0.353 e. The van der Waals surface area contributed by atoms with E-state index in [1.165, 1.54) is 0 Å². The van der Waals surface area contributed by atoms with Gasteiger partial charge in [0.1, 0.15) is 0 Å². The molecule has 2 aliphatic rings. The molecule has 0 N–H and O–H groups in total. The Morgan fingerprint density at radius 1 is 1.44 bits per heavy atom. The Morgan fingerprint density at radius 3 is 2.75 bits per heavy atom. The molecular formula is C11H18O3S2. The number of fused-ring (bicyclic) bond motifs is 1. The van der Waals surface area contributed by atoms with Crippen LogP contribution in [0.4, 0.5) is 0 Å². The highest BCUT2D eigenvalue weighted by atomic mass is 32.2. The SMILES string of the molecule is CCOC(=O)C12OC1(C(C)C)SCCCS2. The van der Waals surface area contributed by atoms with E-state index in [0.29, 0.717) is 12.5 Å². The van der Waals surface area contributed by atoms with Crippen LogP contribution in [-0.4, -0.2) is 33.9 Å². The molecule has 92 valence electrons. The highest BCUT2D eigenvalue weighted by molar-refractivity contribution is 8.06. The summed E-state index contributed by atoms with van der Waals surface area (Å²) in [6, 6.07) is 0. The number of ether oxygens (including phenoxy) is 2. The molecule has 0 aromatic heterocycles. The van der Waals surface area contributed by atoms with E-state index < -0.39 is 4.93 Å². The molecule has 2 heterocycles. The predicted octanol–water partition coefficient (Wildman–Crippen LogP) is 2.50. The van der Waals surface area contributed by atoms with Crippen molar-refractivity contribution in [1.29, 1.82) is 0 Å². The molecule has 0 radical (unpaired) electrons. The number of rotatable bonds is 3. The van der Waals surface area contributed by atoms with E-state index in [1.54, 1.807) is 23.5 Å². The molecule has 2 saturated heterocycles. The fraction of sp³-hybridized carbons (Fsp3) is 0.909. The van der Waals surface area contributed by atoms with Crippen LogP contribution in [0.25, 0.3) is 0 Å². The van der Waals surface area contributed by atoms with Crippen molar-refractivity contribution in [3.63, 3.8) is 0 Å². The Kier molecular flexibility index (Phi) is 3.48. The number of carbonyl (C=O) groups is 1. The zero-order valence-electron chi connectivity index (χ0n) is 9.95. The monoisotopic (exact) mass is 262 g/mol. The van der Waals surface area contributed by atoms with Crippen LogP contribution in [0.5, 0.6) is 0 Å². The first-order valence-corrected chi connectivity index (χ1v) is 7.71. The first kappa shape index (κ1) is 12.6. The standard InChI is InChI=1S/C11H18O3S2/c1-4-13-9(12)11-10(14-11,8(2)3)15-6-5-7-16-11/h8H,4-7H2,1-3H3. The third-order valence-corrected chi connectivity index (χ3v) is 6.27. The molecular weight excluding hydrogens is 244 g/mol. The Balaban J connectivity index is 2.21. The van der Waals surface area contributed by atoms with Gasteiger partial charge in [-0.2, -0.15) is 0 Å². The minimum atomic E-state index is -0.724. The van der Waals surface area contributed by atoms with E-state index >= 15 is 0 Å². The lowest BCUT2D eigenvalue weighted by Crippen LogP contribution is -2.34. The topological polar surface area (TPSA) is 38.8 Å². The van der Waals surface area contributed by atoms with Gasteiger partial charge in [0.25, 0.3) is 4.93 Å². The van der Waals surface area contributed by atoms with Crippen LogP contribution in [0.1, 0.15) is 27.2 Å². The summed E-state index contributed by atoms with van der Waals surface area (Å²) in [7, 11) is 0. The van der Waals surface area contributed by atoms with Crippen molar-refractivity contribution in [3.05, 3.63) is 0 Å². The zero-order valence-corrected chi connectivity index (χ0v) is 11.6. The van der Waals surface area contributed by atoms with Gasteiger partial charge in [-0.15, -0.1) is 23.5 Å². The third kappa shape index (κ3) is 1.68. The van der Waals surface area contributed by atoms with Gasteiger partial charge in [-0.1, -0.05) is 13.8 Å². The first-order chi connectivity index (χ1) is 7.59. The molecule has 0 spiro atoms. The molecule has 2 atom stereocenters. The average molecular weight is 262 g/mol. The van der Waals surface area contributed by atoms with Gasteiger partial charge in [0.2, 0.25) is 0 Å². The fourth-order valence-electron chi connectivity index (χ4n) is 2.07. The third-order valence-electron chi connectivity index (χ3n) is 2.93. The lowest BCUT2D eigenvalue weighted by atomic mass is 10.1. The Bertz CT molecular complexity index is 295. The van der Waals surface area contributed by atoms with E-state index in [-0.39, 0.29) is 10.9 Å². The summed E-state index contributed by atoms with van der Waals surface area (Å²) in [4.78, 5) is 11.0. The number of thioether (sulfide) groups is 2. The van der Waals surface area contributed by atoms with Gasteiger partial charge in [-0.05, 0) is 30.8 Å². The quantitative estimate of drug-likeness (QED) is 0.577. The van der Waals surface area contributed by atoms with E-state index in [4.69, 9.17) is 9.47 Å². The van der Waals surface area contributed by atoms with E-state index in [2.05, 4.69) is 13.8 Å². The maximum absolute atomic E-state index is 12.0. The molecule has 0 aliphatic carbocycles. The molecule has 0 bridgehead atoms. The Hall–Kier alpha value is 0.130. The van der Waals surface area contributed by atoms with Crippen molar-refractivity contribution in [2.75, 3.05) is 18.1 Å². The second-order valence-corrected chi connectivity index (χ2v) is 6.89. The largest absolute Gasteiger partial charge is 0.463 e.